The molecule has 0 spiro atoms. The second-order valence-electron chi connectivity index (χ2n) is 10.7. The number of hydrogen-bond acceptors (Lipinski definition) is 8. The van der Waals surface area contributed by atoms with E-state index in [4.69, 9.17) is 31.3 Å². The summed E-state index contributed by atoms with van der Waals surface area (Å²) in [5.74, 6) is -0.168. The van der Waals surface area contributed by atoms with Crippen LogP contribution in [0.2, 0.25) is 0 Å². The number of ether oxygens (including phenoxy) is 1. The van der Waals surface area contributed by atoms with E-state index in [9.17, 15) is 14.5 Å². The highest BCUT2D eigenvalue weighted by atomic mass is 32.5. The van der Waals surface area contributed by atoms with Gasteiger partial charge in [-0.3, -0.25) is 13.9 Å². The standard InChI is InChI=1S/C20H33N4O6PS/c1-11-9-24(17(26)22-14(11)21)15-12-13(29-31(27,32)30-19(5,6)7)20(28-15,10-18(2,3)4)16(25)23(12)8/h9,12-13,15H,10H2,1-8H3,(H,27,32)(H2,21,22,26)/t12-,13+,15-,20-,31?/m1/s1. The lowest BCUT2D eigenvalue weighted by Crippen LogP contribution is -2.52. The fraction of sp³-hybridized carbons (Fsp3) is 0.750. The zero-order valence-electron chi connectivity index (χ0n) is 19.8. The van der Waals surface area contributed by atoms with Gasteiger partial charge in [0.15, 0.2) is 11.8 Å². The summed E-state index contributed by atoms with van der Waals surface area (Å²) in [7, 11) is 1.62. The van der Waals surface area contributed by atoms with E-state index in [1.807, 2.05) is 20.8 Å². The van der Waals surface area contributed by atoms with Crippen LogP contribution in [0.15, 0.2) is 11.0 Å². The molecule has 10 nitrogen and oxygen atoms in total. The van der Waals surface area contributed by atoms with E-state index >= 15 is 0 Å². The SMILES string of the molecule is Cc1cn([C@@H]2O[C@@]3(CC(C)(C)C)C(=O)N(C)[C@@H]2[C@@H]3OP(O)(=S)OC(C)(C)C)c(=O)nc1N. The molecule has 1 amide bonds. The van der Waals surface area contributed by atoms with Crippen LogP contribution < -0.4 is 11.4 Å². The number of carbonyl (C=O) groups is 1. The molecule has 1 aromatic heterocycles. The summed E-state index contributed by atoms with van der Waals surface area (Å²) >= 11 is 5.29. The summed E-state index contributed by atoms with van der Waals surface area (Å²) in [5.41, 5.74) is 3.21. The third-order valence-electron chi connectivity index (χ3n) is 5.40. The van der Waals surface area contributed by atoms with Gasteiger partial charge >= 0.3 is 12.4 Å². The van der Waals surface area contributed by atoms with E-state index in [0.717, 1.165) is 0 Å². The molecule has 0 aliphatic carbocycles. The monoisotopic (exact) mass is 488 g/mol. The van der Waals surface area contributed by atoms with Crippen molar-refractivity contribution in [1.82, 2.24) is 14.5 Å². The van der Waals surface area contributed by atoms with Crippen LogP contribution in [0, 0.1) is 12.3 Å². The lowest BCUT2D eigenvalue weighted by molar-refractivity contribution is -0.180. The van der Waals surface area contributed by atoms with Crippen molar-refractivity contribution in [3.05, 3.63) is 22.2 Å². The second kappa shape index (κ2) is 7.85. The number of aromatic nitrogens is 2. The molecular weight excluding hydrogens is 455 g/mol. The molecule has 0 aromatic carbocycles. The highest BCUT2D eigenvalue weighted by Gasteiger charge is 2.71. The molecule has 2 saturated heterocycles. The van der Waals surface area contributed by atoms with Gasteiger partial charge in [-0.25, -0.2) is 4.79 Å². The molecule has 12 heteroatoms. The fourth-order valence-corrected chi connectivity index (χ4v) is 6.69. The Balaban J connectivity index is 2.12. The number of aryl methyl sites for hydroxylation is 1. The molecule has 0 saturated carbocycles. The van der Waals surface area contributed by atoms with Gasteiger partial charge in [0.05, 0.1) is 5.60 Å². The van der Waals surface area contributed by atoms with E-state index in [2.05, 4.69) is 4.98 Å². The number of likely N-dealkylation sites (N-methyl/N-ethyl adjacent to an activating group) is 1. The second-order valence-corrected chi connectivity index (χ2v) is 13.5. The predicted octanol–water partition coefficient (Wildman–Crippen LogP) is 2.10. The van der Waals surface area contributed by atoms with Gasteiger partial charge in [0.1, 0.15) is 18.0 Å². The smallest absolute Gasteiger partial charge is 0.351 e. The Bertz CT molecular complexity index is 1030. The number of carbonyl (C=O) groups excluding carboxylic acids is 1. The van der Waals surface area contributed by atoms with E-state index in [0.29, 0.717) is 5.56 Å². The summed E-state index contributed by atoms with van der Waals surface area (Å²) in [6.45, 7) is 9.13. The lowest BCUT2D eigenvalue weighted by Gasteiger charge is -2.38. The molecular formula is C20H33N4O6PS. The van der Waals surface area contributed by atoms with Crippen LogP contribution in [0.25, 0.3) is 0 Å². The van der Waals surface area contributed by atoms with Crippen molar-refractivity contribution in [2.24, 2.45) is 5.41 Å². The van der Waals surface area contributed by atoms with Crippen molar-refractivity contribution in [2.45, 2.75) is 84.5 Å². The van der Waals surface area contributed by atoms with Crippen LogP contribution in [0.3, 0.4) is 0 Å². The molecule has 3 rings (SSSR count). The first-order valence-electron chi connectivity index (χ1n) is 10.4. The molecule has 2 aliphatic heterocycles. The van der Waals surface area contributed by atoms with Gasteiger partial charge in [-0.2, -0.15) is 4.98 Å². The summed E-state index contributed by atoms with van der Waals surface area (Å²) in [6.07, 6.45) is -0.0141. The molecule has 32 heavy (non-hydrogen) atoms. The van der Waals surface area contributed by atoms with Gasteiger partial charge in [-0.05, 0) is 51.3 Å². The number of nitrogen functional groups attached to an aromatic ring is 1. The minimum Gasteiger partial charge on any atom is -0.383 e. The number of nitrogens with zero attached hydrogens (tertiary/aromatic N) is 3. The highest BCUT2D eigenvalue weighted by molar-refractivity contribution is 8.07. The maximum Gasteiger partial charge on any atom is 0.351 e. The summed E-state index contributed by atoms with van der Waals surface area (Å²) < 4.78 is 19.3. The fourth-order valence-electron chi connectivity index (χ4n) is 4.42. The van der Waals surface area contributed by atoms with E-state index in [-0.39, 0.29) is 23.6 Å². The Hall–Kier alpha value is -1.36. The first kappa shape index (κ1) is 25.3. The Labute approximate surface area is 193 Å². The normalized spacial score (nSPS) is 30.1. The number of nitrogens with two attached hydrogens (primary N) is 1. The molecule has 2 aliphatic rings. The Morgan fingerprint density at radius 3 is 2.44 bits per heavy atom. The quantitative estimate of drug-likeness (QED) is 0.599. The van der Waals surface area contributed by atoms with Gasteiger partial charge < -0.3 is 24.8 Å². The topological polar surface area (TPSA) is 129 Å². The number of rotatable bonds is 5. The van der Waals surface area contributed by atoms with E-state index < -0.39 is 42.0 Å². The van der Waals surface area contributed by atoms with Crippen molar-refractivity contribution in [3.8, 4) is 0 Å². The summed E-state index contributed by atoms with van der Waals surface area (Å²) in [4.78, 5) is 42.3. The lowest BCUT2D eigenvalue weighted by atomic mass is 9.80. The third-order valence-corrected chi connectivity index (χ3v) is 7.15. The van der Waals surface area contributed by atoms with Gasteiger partial charge in [0.2, 0.25) is 0 Å². The minimum absolute atomic E-state index is 0.125. The van der Waals surface area contributed by atoms with Crippen LogP contribution in [-0.2, 0) is 30.4 Å². The molecule has 1 aromatic rings. The Morgan fingerprint density at radius 1 is 1.31 bits per heavy atom. The molecule has 0 radical (unpaired) electrons. The number of amides is 1. The van der Waals surface area contributed by atoms with Crippen molar-refractivity contribution in [3.63, 3.8) is 0 Å². The van der Waals surface area contributed by atoms with Crippen molar-refractivity contribution in [1.29, 1.82) is 0 Å². The third kappa shape index (κ3) is 4.64. The van der Waals surface area contributed by atoms with E-state index in [1.54, 1.807) is 40.9 Å². The summed E-state index contributed by atoms with van der Waals surface area (Å²) in [6, 6.07) is -0.731. The number of likely N-dealkylation sites (tertiary alicyclic amines) is 1. The van der Waals surface area contributed by atoms with Gasteiger partial charge in [-0.15, -0.1) is 0 Å². The van der Waals surface area contributed by atoms with Gasteiger partial charge in [-0.1, -0.05) is 20.8 Å². The van der Waals surface area contributed by atoms with Crippen LogP contribution in [-0.4, -0.2) is 55.6 Å². The van der Waals surface area contributed by atoms with Crippen molar-refractivity contribution in [2.75, 3.05) is 12.8 Å². The Morgan fingerprint density at radius 2 is 1.91 bits per heavy atom. The zero-order chi connectivity index (χ0) is 24.4. The number of anilines is 1. The molecule has 3 heterocycles. The maximum absolute atomic E-state index is 13.4. The Kier molecular flexibility index (Phi) is 6.20. The van der Waals surface area contributed by atoms with Crippen molar-refractivity contribution < 1.29 is 23.5 Å². The van der Waals surface area contributed by atoms with Gasteiger partial charge in [0.25, 0.3) is 5.91 Å². The number of fused-ring (bicyclic) bond motifs is 2. The number of morpholine rings is 1. The minimum atomic E-state index is -3.75. The average Bonchev–Trinajstić information content (AvgIpc) is 2.94. The summed E-state index contributed by atoms with van der Waals surface area (Å²) in [5, 5.41) is 0. The van der Waals surface area contributed by atoms with Gasteiger partial charge in [0, 0.05) is 18.8 Å². The largest absolute Gasteiger partial charge is 0.383 e. The first-order chi connectivity index (χ1) is 14.4. The molecule has 180 valence electrons. The maximum atomic E-state index is 13.4. The van der Waals surface area contributed by atoms with E-state index in [1.165, 1.54) is 9.47 Å². The molecule has 2 bridgehead atoms. The molecule has 3 N–H and O–H groups in total. The van der Waals surface area contributed by atoms with Crippen LogP contribution in [0.4, 0.5) is 5.82 Å². The molecule has 2 fully saturated rings. The van der Waals surface area contributed by atoms with Crippen LogP contribution in [0.1, 0.15) is 59.8 Å². The van der Waals surface area contributed by atoms with Crippen molar-refractivity contribution >= 4 is 30.3 Å². The zero-order valence-corrected chi connectivity index (χ0v) is 21.5. The molecule has 5 atom stereocenters. The highest BCUT2D eigenvalue weighted by Crippen LogP contribution is 2.59. The average molecular weight is 489 g/mol. The van der Waals surface area contributed by atoms with Crippen LogP contribution >= 0.6 is 6.72 Å². The molecule has 1 unspecified atom stereocenters. The number of hydrogen-bond donors (Lipinski definition) is 2. The predicted molar refractivity (Wildman–Crippen MR) is 123 cm³/mol. The van der Waals surface area contributed by atoms with Crippen LogP contribution in [0.5, 0.6) is 0 Å². The first-order valence-corrected chi connectivity index (χ1v) is 13.0.